The molecule has 0 aliphatic carbocycles. The first-order valence-electron chi connectivity index (χ1n) is 11.5. The number of non-ortho nitro benzene ring substituents is 1. The van der Waals surface area contributed by atoms with E-state index in [1.165, 1.54) is 6.07 Å². The maximum absolute atomic E-state index is 13.5. The molecule has 1 N–H and O–H groups in total. The van der Waals surface area contributed by atoms with Gasteiger partial charge in [-0.3, -0.25) is 19.7 Å². The van der Waals surface area contributed by atoms with Crippen molar-refractivity contribution in [3.63, 3.8) is 0 Å². The zero-order chi connectivity index (χ0) is 23.4. The van der Waals surface area contributed by atoms with Crippen LogP contribution < -0.4 is 15.8 Å². The third kappa shape index (κ3) is 3.30. The Hall–Kier alpha value is -3.88. The summed E-state index contributed by atoms with van der Waals surface area (Å²) in [6.45, 7) is 1.51. The molecule has 5 heterocycles. The number of nitro groups is 1. The Labute approximate surface area is 195 Å². The van der Waals surface area contributed by atoms with Crippen LogP contribution in [-0.4, -0.2) is 28.0 Å². The highest BCUT2D eigenvalue weighted by Gasteiger charge is 2.49. The number of rotatable bonds is 4. The fourth-order valence-corrected chi connectivity index (χ4v) is 6.17. The number of nitro benzene ring substituents is 1. The molecule has 4 atom stereocenters. The zero-order valence-electron chi connectivity index (χ0n) is 18.4. The molecule has 34 heavy (non-hydrogen) atoms. The number of aromatic nitrogens is 1. The second-order valence-electron chi connectivity index (χ2n) is 9.41. The first-order valence-corrected chi connectivity index (χ1v) is 11.5. The monoisotopic (exact) mass is 460 g/mol. The van der Waals surface area contributed by atoms with Crippen LogP contribution in [0.5, 0.6) is 0 Å². The van der Waals surface area contributed by atoms with Crippen molar-refractivity contribution in [1.29, 1.82) is 0 Å². The molecule has 3 aliphatic heterocycles. The minimum Gasteiger partial charge on any atom is -0.467 e. The van der Waals surface area contributed by atoms with Crippen molar-refractivity contribution in [1.82, 2.24) is 9.88 Å². The Kier molecular flexibility index (Phi) is 4.79. The Morgan fingerprint density at radius 2 is 2.06 bits per heavy atom. The van der Waals surface area contributed by atoms with Gasteiger partial charge in [-0.1, -0.05) is 6.07 Å². The van der Waals surface area contributed by atoms with E-state index in [4.69, 9.17) is 4.42 Å². The minimum absolute atomic E-state index is 0.00805. The molecule has 0 spiro atoms. The van der Waals surface area contributed by atoms with Crippen molar-refractivity contribution in [3.05, 3.63) is 92.3 Å². The molecule has 9 heteroatoms. The third-order valence-corrected chi connectivity index (χ3v) is 7.56. The largest absolute Gasteiger partial charge is 0.467 e. The maximum Gasteiger partial charge on any atom is 0.269 e. The van der Waals surface area contributed by atoms with E-state index in [0.717, 1.165) is 23.4 Å². The molecule has 1 fully saturated rings. The first kappa shape index (κ1) is 20.7. The Morgan fingerprint density at radius 1 is 1.18 bits per heavy atom. The van der Waals surface area contributed by atoms with Crippen LogP contribution in [0.3, 0.4) is 0 Å². The topological polar surface area (TPSA) is 111 Å². The fraction of sp³-hybridized carbons (Fsp3) is 0.360. The summed E-state index contributed by atoms with van der Waals surface area (Å²) in [4.78, 5) is 39.4. The Morgan fingerprint density at radius 3 is 2.85 bits per heavy atom. The van der Waals surface area contributed by atoms with Gasteiger partial charge in [-0.25, -0.2) is 0 Å². The van der Waals surface area contributed by atoms with Crippen LogP contribution in [0.4, 0.5) is 11.4 Å². The lowest BCUT2D eigenvalue weighted by Gasteiger charge is -2.54. The van der Waals surface area contributed by atoms with Crippen molar-refractivity contribution in [2.45, 2.75) is 37.9 Å². The summed E-state index contributed by atoms with van der Waals surface area (Å²) < 4.78 is 7.22. The van der Waals surface area contributed by atoms with Gasteiger partial charge < -0.3 is 19.2 Å². The predicted octanol–water partition coefficient (Wildman–Crippen LogP) is 2.83. The van der Waals surface area contributed by atoms with Gasteiger partial charge in [-0.2, -0.15) is 0 Å². The molecule has 6 rings (SSSR count). The van der Waals surface area contributed by atoms with Crippen molar-refractivity contribution in [3.8, 4) is 0 Å². The number of carbonyl (C=O) groups excluding carboxylic acids is 1. The fourth-order valence-electron chi connectivity index (χ4n) is 6.17. The Bertz CT molecular complexity index is 1330. The number of furan rings is 1. The zero-order valence-corrected chi connectivity index (χ0v) is 18.4. The van der Waals surface area contributed by atoms with Gasteiger partial charge in [-0.15, -0.1) is 0 Å². The van der Waals surface area contributed by atoms with Crippen LogP contribution in [0.15, 0.2) is 64.0 Å². The molecule has 2 bridgehead atoms. The number of anilines is 1. The number of fused-ring (bicyclic) bond motifs is 8. The lowest BCUT2D eigenvalue weighted by molar-refractivity contribution is -0.384. The number of nitrogens with zero attached hydrogens (tertiary/aromatic N) is 3. The molecular formula is C25H24N4O5. The molecule has 174 valence electrons. The molecule has 3 aliphatic rings. The number of pyridine rings is 1. The number of piperidine rings is 1. The van der Waals surface area contributed by atoms with Gasteiger partial charge in [0.1, 0.15) is 5.76 Å². The van der Waals surface area contributed by atoms with Crippen LogP contribution in [0.25, 0.3) is 0 Å². The highest BCUT2D eigenvalue weighted by Crippen LogP contribution is 2.47. The van der Waals surface area contributed by atoms with E-state index in [-0.39, 0.29) is 41.6 Å². The lowest BCUT2D eigenvalue weighted by Crippen LogP contribution is -2.61. The predicted molar refractivity (Wildman–Crippen MR) is 124 cm³/mol. The van der Waals surface area contributed by atoms with Gasteiger partial charge in [0.25, 0.3) is 11.2 Å². The number of benzene rings is 1. The highest BCUT2D eigenvalue weighted by atomic mass is 16.6. The maximum atomic E-state index is 13.5. The van der Waals surface area contributed by atoms with Gasteiger partial charge in [0.2, 0.25) is 5.91 Å². The minimum atomic E-state index is -0.397. The van der Waals surface area contributed by atoms with E-state index in [2.05, 4.69) is 10.2 Å². The number of hydrogen-bond acceptors (Lipinski definition) is 6. The summed E-state index contributed by atoms with van der Waals surface area (Å²) in [5.74, 6) is 0.453. The highest BCUT2D eigenvalue weighted by molar-refractivity contribution is 5.82. The quantitative estimate of drug-likeness (QED) is 0.474. The summed E-state index contributed by atoms with van der Waals surface area (Å²) in [5.41, 5.74) is 2.81. The number of nitrogens with one attached hydrogen (secondary N) is 1. The molecule has 1 aromatic carbocycles. The summed E-state index contributed by atoms with van der Waals surface area (Å²) in [6.07, 6.45) is 2.90. The summed E-state index contributed by atoms with van der Waals surface area (Å²) >= 11 is 0. The molecule has 2 aromatic heterocycles. The van der Waals surface area contributed by atoms with Gasteiger partial charge in [0.15, 0.2) is 0 Å². The molecule has 0 unspecified atom stereocenters. The molecule has 0 saturated carbocycles. The van der Waals surface area contributed by atoms with Gasteiger partial charge in [0.05, 0.1) is 23.6 Å². The molecular weight excluding hydrogens is 436 g/mol. The molecule has 3 aromatic rings. The van der Waals surface area contributed by atoms with Gasteiger partial charge >= 0.3 is 0 Å². The third-order valence-electron chi connectivity index (χ3n) is 7.56. The summed E-state index contributed by atoms with van der Waals surface area (Å²) in [5, 5.41) is 14.4. The smallest absolute Gasteiger partial charge is 0.269 e. The van der Waals surface area contributed by atoms with Crippen LogP contribution in [0, 0.1) is 22.0 Å². The SMILES string of the molecule is O=C(NCc1ccco1)[C@@H]1Cc2cc([N+](=O)[O-])ccc2N2C[C@H]3C[C@@H](Cn4c3cccc4=O)[C@@H]12. The standard InChI is InChI=1S/C25H24N4O5/c30-23-5-1-4-21-16-9-17(14-27(21)23)24-20(25(31)26-12-19-3-2-8-34-19)11-15-10-18(29(32)33)6-7-22(15)28(24)13-16/h1-8,10,16-17,20,24H,9,11-14H2,(H,26,31)/t16-,17+,20-,24+/m1/s1. The van der Waals surface area contributed by atoms with Crippen LogP contribution in [0.1, 0.15) is 29.4 Å². The van der Waals surface area contributed by atoms with E-state index in [1.807, 2.05) is 22.8 Å². The molecule has 0 radical (unpaired) electrons. The second kappa shape index (κ2) is 7.86. The van der Waals surface area contributed by atoms with Crippen LogP contribution in [0.2, 0.25) is 0 Å². The summed E-state index contributed by atoms with van der Waals surface area (Å²) in [6, 6.07) is 13.8. The van der Waals surface area contributed by atoms with Crippen molar-refractivity contribution in [2.24, 2.45) is 11.8 Å². The van der Waals surface area contributed by atoms with Crippen molar-refractivity contribution in [2.75, 3.05) is 11.4 Å². The normalized spacial score (nSPS) is 24.5. The molecule has 9 nitrogen and oxygen atoms in total. The second-order valence-corrected chi connectivity index (χ2v) is 9.41. The van der Waals surface area contributed by atoms with E-state index in [9.17, 15) is 19.7 Å². The van der Waals surface area contributed by atoms with Gasteiger partial charge in [-0.05, 0) is 48.6 Å². The lowest BCUT2D eigenvalue weighted by atomic mass is 9.70. The first-order chi connectivity index (χ1) is 16.5. The van der Waals surface area contributed by atoms with Crippen LogP contribution >= 0.6 is 0 Å². The number of amides is 1. The van der Waals surface area contributed by atoms with E-state index < -0.39 is 10.8 Å². The number of hydrogen-bond donors (Lipinski definition) is 1. The average molecular weight is 460 g/mol. The number of carbonyl (C=O) groups is 1. The van der Waals surface area contributed by atoms with E-state index in [1.54, 1.807) is 30.5 Å². The van der Waals surface area contributed by atoms with Gasteiger partial charge in [0, 0.05) is 54.6 Å². The van der Waals surface area contributed by atoms with E-state index in [0.29, 0.717) is 25.3 Å². The summed E-state index contributed by atoms with van der Waals surface area (Å²) in [7, 11) is 0. The molecule has 1 amide bonds. The van der Waals surface area contributed by atoms with E-state index >= 15 is 0 Å². The Balaban J connectivity index is 1.39. The average Bonchev–Trinajstić information content (AvgIpc) is 3.36. The molecule has 1 saturated heterocycles. The van der Waals surface area contributed by atoms with Crippen molar-refractivity contribution >= 4 is 17.3 Å². The van der Waals surface area contributed by atoms with Crippen molar-refractivity contribution < 1.29 is 14.1 Å². The van der Waals surface area contributed by atoms with Crippen LogP contribution in [-0.2, 0) is 24.3 Å².